The molecule has 0 spiro atoms. The van der Waals surface area contributed by atoms with E-state index in [0.29, 0.717) is 42.3 Å². The van der Waals surface area contributed by atoms with Crippen LogP contribution in [-0.2, 0) is 14.3 Å². The average molecular weight is 487 g/mol. The number of nitrogens with one attached hydrogen (secondary N) is 2. The summed E-state index contributed by atoms with van der Waals surface area (Å²) in [5.41, 5.74) is 4.48. The lowest BCUT2D eigenvalue weighted by atomic mass is 10.00. The number of hydrogen-bond acceptors (Lipinski definition) is 5. The second kappa shape index (κ2) is 10.3. The van der Waals surface area contributed by atoms with Crippen LogP contribution in [0.4, 0.5) is 21.5 Å². The molecule has 2 aliphatic rings. The molecule has 3 aromatic carbocycles. The van der Waals surface area contributed by atoms with Gasteiger partial charge in [0.15, 0.2) is 0 Å². The first-order valence-electron chi connectivity index (χ1n) is 11.8. The van der Waals surface area contributed by atoms with Gasteiger partial charge in [-0.25, -0.2) is 4.39 Å². The summed E-state index contributed by atoms with van der Waals surface area (Å²) in [6.07, 6.45) is 0. The van der Waals surface area contributed by atoms with Gasteiger partial charge in [-0.1, -0.05) is 30.3 Å². The Morgan fingerprint density at radius 3 is 2.50 bits per heavy atom. The number of ether oxygens (including phenoxy) is 1. The van der Waals surface area contributed by atoms with E-state index in [1.807, 2.05) is 54.6 Å². The fourth-order valence-electron chi connectivity index (χ4n) is 4.39. The predicted molar refractivity (Wildman–Crippen MR) is 139 cm³/mol. The zero-order valence-corrected chi connectivity index (χ0v) is 20.0. The molecule has 184 valence electrons. The van der Waals surface area contributed by atoms with Crippen LogP contribution in [0.1, 0.15) is 11.1 Å². The van der Waals surface area contributed by atoms with Gasteiger partial charge in [-0.2, -0.15) is 0 Å². The summed E-state index contributed by atoms with van der Waals surface area (Å²) in [4.78, 5) is 29.4. The number of likely N-dealkylation sites (N-methyl/N-ethyl adjacent to an activating group) is 1. The molecule has 0 unspecified atom stereocenters. The molecular formula is C28H27FN4O3. The third kappa shape index (κ3) is 5.00. The smallest absolute Gasteiger partial charge is 0.258 e. The standard InChI is InChI=1S/C28H27FN4O3/c1-32(25(34)18-33-13-15-36-16-14-33)22-10-8-21(9-11-22)30-27(19-5-3-2-4-6-19)26-23-12-7-20(29)17-24(23)31-28(26)35/h2-12,17,30H,13-16,18H2,1H3,(H,31,35). The Balaban J connectivity index is 1.40. The molecule has 0 radical (unpaired) electrons. The van der Waals surface area contributed by atoms with Crippen LogP contribution in [0.15, 0.2) is 72.8 Å². The van der Waals surface area contributed by atoms with Crippen molar-refractivity contribution < 1.29 is 18.7 Å². The van der Waals surface area contributed by atoms with Crippen molar-refractivity contribution in [2.24, 2.45) is 0 Å². The molecule has 8 heteroatoms. The highest BCUT2D eigenvalue weighted by Gasteiger charge is 2.29. The van der Waals surface area contributed by atoms with Gasteiger partial charge in [-0.05, 0) is 48.0 Å². The average Bonchev–Trinajstić information content (AvgIpc) is 3.22. The minimum atomic E-state index is -0.410. The summed E-state index contributed by atoms with van der Waals surface area (Å²) < 4.78 is 19.1. The number of morpholine rings is 1. The highest BCUT2D eigenvalue weighted by atomic mass is 19.1. The molecule has 36 heavy (non-hydrogen) atoms. The van der Waals surface area contributed by atoms with Gasteiger partial charge in [0, 0.05) is 37.1 Å². The largest absolute Gasteiger partial charge is 0.379 e. The van der Waals surface area contributed by atoms with Crippen molar-refractivity contribution in [1.82, 2.24) is 4.90 Å². The number of hydrogen-bond donors (Lipinski definition) is 2. The fourth-order valence-corrected chi connectivity index (χ4v) is 4.39. The van der Waals surface area contributed by atoms with Crippen LogP contribution >= 0.6 is 0 Å². The first-order valence-corrected chi connectivity index (χ1v) is 11.8. The van der Waals surface area contributed by atoms with Crippen LogP contribution in [0.5, 0.6) is 0 Å². The molecule has 2 heterocycles. The lowest BCUT2D eigenvalue weighted by Gasteiger charge is -2.28. The molecule has 1 saturated heterocycles. The lowest BCUT2D eigenvalue weighted by Crippen LogP contribution is -2.43. The maximum absolute atomic E-state index is 13.8. The molecule has 0 atom stereocenters. The molecule has 2 N–H and O–H groups in total. The fraction of sp³-hybridized carbons (Fsp3) is 0.214. The molecule has 0 bridgehead atoms. The number of anilines is 3. The van der Waals surface area contributed by atoms with E-state index in [1.165, 1.54) is 12.1 Å². The third-order valence-corrected chi connectivity index (χ3v) is 6.40. The number of rotatable bonds is 6. The molecule has 3 aromatic rings. The highest BCUT2D eigenvalue weighted by Crippen LogP contribution is 2.38. The van der Waals surface area contributed by atoms with Crippen LogP contribution in [0.2, 0.25) is 0 Å². The van der Waals surface area contributed by atoms with E-state index in [9.17, 15) is 14.0 Å². The van der Waals surface area contributed by atoms with E-state index in [4.69, 9.17) is 4.74 Å². The Morgan fingerprint density at radius 1 is 1.06 bits per heavy atom. The Hall–Kier alpha value is -4.01. The molecule has 0 aliphatic carbocycles. The maximum Gasteiger partial charge on any atom is 0.258 e. The van der Waals surface area contributed by atoms with Gasteiger partial charge < -0.3 is 20.3 Å². The number of nitrogens with zero attached hydrogens (tertiary/aromatic N) is 2. The number of benzene rings is 3. The number of amides is 2. The first-order chi connectivity index (χ1) is 17.5. The van der Waals surface area contributed by atoms with Gasteiger partial charge in [0.2, 0.25) is 5.91 Å². The second-order valence-corrected chi connectivity index (χ2v) is 8.77. The van der Waals surface area contributed by atoms with E-state index in [-0.39, 0.29) is 11.8 Å². The SMILES string of the molecule is CN(C(=O)CN1CCOCC1)c1ccc(NC(=C2C(=O)Nc3cc(F)ccc32)c2ccccc2)cc1. The van der Waals surface area contributed by atoms with E-state index in [2.05, 4.69) is 15.5 Å². The van der Waals surface area contributed by atoms with Crippen molar-refractivity contribution in [3.05, 3.63) is 89.7 Å². The first kappa shape index (κ1) is 23.7. The number of carbonyl (C=O) groups is 2. The molecule has 2 aliphatic heterocycles. The van der Waals surface area contributed by atoms with Gasteiger partial charge in [0.05, 0.1) is 36.7 Å². The van der Waals surface area contributed by atoms with Crippen molar-refractivity contribution in [1.29, 1.82) is 0 Å². The zero-order valence-electron chi connectivity index (χ0n) is 20.0. The molecular weight excluding hydrogens is 459 g/mol. The van der Waals surface area contributed by atoms with Crippen LogP contribution in [0, 0.1) is 5.82 Å². The van der Waals surface area contributed by atoms with Gasteiger partial charge >= 0.3 is 0 Å². The van der Waals surface area contributed by atoms with E-state index in [1.54, 1.807) is 18.0 Å². The van der Waals surface area contributed by atoms with Gasteiger partial charge in [-0.15, -0.1) is 0 Å². The molecule has 5 rings (SSSR count). The summed E-state index contributed by atoms with van der Waals surface area (Å²) in [7, 11) is 1.77. The zero-order chi connectivity index (χ0) is 25.1. The second-order valence-electron chi connectivity index (χ2n) is 8.77. The van der Waals surface area contributed by atoms with E-state index >= 15 is 0 Å². The third-order valence-electron chi connectivity index (χ3n) is 6.40. The molecule has 0 aromatic heterocycles. The van der Waals surface area contributed by atoms with Gasteiger partial charge in [0.25, 0.3) is 5.91 Å². The lowest BCUT2D eigenvalue weighted by molar-refractivity contribution is -0.120. The van der Waals surface area contributed by atoms with Crippen LogP contribution in [-0.4, -0.2) is 56.6 Å². The monoisotopic (exact) mass is 486 g/mol. The normalized spacial score (nSPS) is 16.8. The maximum atomic E-state index is 13.8. The quantitative estimate of drug-likeness (QED) is 0.515. The van der Waals surface area contributed by atoms with Crippen LogP contribution in [0.3, 0.4) is 0 Å². The Labute approximate surface area is 209 Å². The molecule has 0 saturated carbocycles. The van der Waals surface area contributed by atoms with E-state index in [0.717, 1.165) is 30.0 Å². The van der Waals surface area contributed by atoms with Crippen molar-refractivity contribution in [2.75, 3.05) is 55.4 Å². The van der Waals surface area contributed by atoms with Crippen molar-refractivity contribution in [3.63, 3.8) is 0 Å². The van der Waals surface area contributed by atoms with Crippen molar-refractivity contribution in [2.45, 2.75) is 0 Å². The molecule has 2 amide bonds. The predicted octanol–water partition coefficient (Wildman–Crippen LogP) is 4.05. The molecule has 7 nitrogen and oxygen atoms in total. The summed E-state index contributed by atoms with van der Waals surface area (Å²) in [5, 5.41) is 6.15. The summed E-state index contributed by atoms with van der Waals surface area (Å²) in [5.74, 6) is -0.699. The highest BCUT2D eigenvalue weighted by molar-refractivity contribution is 6.37. The van der Waals surface area contributed by atoms with Crippen LogP contribution in [0.25, 0.3) is 11.3 Å². The number of halogens is 1. The number of fused-ring (bicyclic) bond motifs is 1. The minimum Gasteiger partial charge on any atom is -0.379 e. The minimum absolute atomic E-state index is 0.0103. The van der Waals surface area contributed by atoms with Crippen LogP contribution < -0.4 is 15.5 Å². The topological polar surface area (TPSA) is 73.9 Å². The molecule has 1 fully saturated rings. The Kier molecular flexibility index (Phi) is 6.79. The summed E-state index contributed by atoms with van der Waals surface area (Å²) in [6.45, 7) is 3.15. The van der Waals surface area contributed by atoms with Gasteiger partial charge in [0.1, 0.15) is 5.82 Å². The van der Waals surface area contributed by atoms with Gasteiger partial charge in [-0.3, -0.25) is 14.5 Å². The van der Waals surface area contributed by atoms with Crippen molar-refractivity contribution in [3.8, 4) is 0 Å². The number of carbonyl (C=O) groups excluding carboxylic acids is 2. The van der Waals surface area contributed by atoms with E-state index < -0.39 is 5.82 Å². The van der Waals surface area contributed by atoms with Crippen molar-refractivity contribution >= 4 is 40.1 Å². The Bertz CT molecular complexity index is 1300. The summed E-state index contributed by atoms with van der Waals surface area (Å²) >= 11 is 0. The summed E-state index contributed by atoms with van der Waals surface area (Å²) in [6, 6.07) is 21.3. The Morgan fingerprint density at radius 2 is 1.78 bits per heavy atom.